The standard InChI is InChI=1S/C22H20ClFN2O3S/c1-3-26(17-7-5-4-6-8-17)30(28,29)18-11-12-20(23)19(14-18)22(27)25-21-13-16(24)10-9-15(21)2/h4-14H,3H2,1-2H3,(H,25,27). The second kappa shape index (κ2) is 8.85. The molecule has 30 heavy (non-hydrogen) atoms. The van der Waals surface area contributed by atoms with Crippen LogP contribution in [0.15, 0.2) is 71.6 Å². The molecule has 0 radical (unpaired) electrons. The van der Waals surface area contributed by atoms with Gasteiger partial charge in [-0.15, -0.1) is 0 Å². The topological polar surface area (TPSA) is 66.5 Å². The Morgan fingerprint density at radius 2 is 1.77 bits per heavy atom. The molecule has 8 heteroatoms. The molecule has 156 valence electrons. The number of para-hydroxylation sites is 1. The third kappa shape index (κ3) is 4.47. The fraction of sp³-hybridized carbons (Fsp3) is 0.136. The van der Waals surface area contributed by atoms with E-state index in [0.29, 0.717) is 11.3 Å². The van der Waals surface area contributed by atoms with Crippen LogP contribution < -0.4 is 9.62 Å². The number of benzene rings is 3. The zero-order valence-corrected chi connectivity index (χ0v) is 18.0. The molecule has 0 heterocycles. The molecule has 0 spiro atoms. The lowest BCUT2D eigenvalue weighted by atomic mass is 10.1. The summed E-state index contributed by atoms with van der Waals surface area (Å²) < 4.78 is 41.2. The van der Waals surface area contributed by atoms with E-state index in [-0.39, 0.29) is 27.7 Å². The summed E-state index contributed by atoms with van der Waals surface area (Å²) in [6.07, 6.45) is 0. The Balaban J connectivity index is 1.98. The van der Waals surface area contributed by atoms with Gasteiger partial charge in [0, 0.05) is 12.2 Å². The second-order valence-corrected chi connectivity index (χ2v) is 8.83. The van der Waals surface area contributed by atoms with Gasteiger partial charge in [-0.25, -0.2) is 12.8 Å². The van der Waals surface area contributed by atoms with E-state index in [4.69, 9.17) is 11.6 Å². The van der Waals surface area contributed by atoms with Crippen molar-refractivity contribution >= 4 is 38.9 Å². The Kier molecular flexibility index (Phi) is 6.43. The number of rotatable bonds is 6. The number of carbonyl (C=O) groups is 1. The highest BCUT2D eigenvalue weighted by Gasteiger charge is 2.25. The highest BCUT2D eigenvalue weighted by atomic mass is 35.5. The van der Waals surface area contributed by atoms with Gasteiger partial charge in [0.15, 0.2) is 0 Å². The van der Waals surface area contributed by atoms with Crippen LogP contribution in [0.1, 0.15) is 22.8 Å². The van der Waals surface area contributed by atoms with Crippen molar-refractivity contribution in [1.82, 2.24) is 0 Å². The number of aryl methyl sites for hydroxylation is 1. The Morgan fingerprint density at radius 1 is 1.07 bits per heavy atom. The van der Waals surface area contributed by atoms with Crippen molar-refractivity contribution in [3.05, 3.63) is 88.7 Å². The van der Waals surface area contributed by atoms with Gasteiger partial charge in [0.2, 0.25) is 0 Å². The van der Waals surface area contributed by atoms with Gasteiger partial charge in [-0.1, -0.05) is 35.9 Å². The molecule has 0 fully saturated rings. The molecule has 0 bridgehead atoms. The molecule has 5 nitrogen and oxygen atoms in total. The number of sulfonamides is 1. The van der Waals surface area contributed by atoms with E-state index in [0.717, 1.165) is 0 Å². The number of anilines is 2. The monoisotopic (exact) mass is 446 g/mol. The fourth-order valence-corrected chi connectivity index (χ4v) is 4.67. The normalized spacial score (nSPS) is 11.2. The molecule has 0 aliphatic carbocycles. The lowest BCUT2D eigenvalue weighted by Crippen LogP contribution is -2.31. The summed E-state index contributed by atoms with van der Waals surface area (Å²) in [7, 11) is -3.93. The number of hydrogen-bond donors (Lipinski definition) is 1. The number of nitrogens with one attached hydrogen (secondary N) is 1. The van der Waals surface area contributed by atoms with Crippen LogP contribution in [0.3, 0.4) is 0 Å². The van der Waals surface area contributed by atoms with E-state index >= 15 is 0 Å². The Hall–Kier alpha value is -2.90. The van der Waals surface area contributed by atoms with Crippen molar-refractivity contribution in [1.29, 1.82) is 0 Å². The molecule has 3 aromatic carbocycles. The minimum atomic E-state index is -3.93. The first-order chi connectivity index (χ1) is 14.2. The van der Waals surface area contributed by atoms with Crippen LogP contribution in [-0.4, -0.2) is 20.9 Å². The molecule has 0 aromatic heterocycles. The van der Waals surface area contributed by atoms with Gasteiger partial charge >= 0.3 is 0 Å². The number of nitrogens with zero attached hydrogens (tertiary/aromatic N) is 1. The third-order valence-corrected chi connectivity index (χ3v) is 6.78. The van der Waals surface area contributed by atoms with Crippen molar-refractivity contribution in [2.24, 2.45) is 0 Å². The molecule has 0 aliphatic heterocycles. The molecular formula is C22H20ClFN2O3S. The average molecular weight is 447 g/mol. The molecular weight excluding hydrogens is 427 g/mol. The maximum Gasteiger partial charge on any atom is 0.264 e. The van der Waals surface area contributed by atoms with Crippen LogP contribution in [-0.2, 0) is 10.0 Å². The number of carbonyl (C=O) groups excluding carboxylic acids is 1. The van der Waals surface area contributed by atoms with E-state index in [9.17, 15) is 17.6 Å². The fourth-order valence-electron chi connectivity index (χ4n) is 2.97. The summed E-state index contributed by atoms with van der Waals surface area (Å²) in [5, 5.41) is 2.68. The quantitative estimate of drug-likeness (QED) is 0.562. The molecule has 0 aliphatic rings. The average Bonchev–Trinajstić information content (AvgIpc) is 2.72. The number of halogens is 2. The van der Waals surface area contributed by atoms with Gasteiger partial charge in [0.05, 0.1) is 21.2 Å². The lowest BCUT2D eigenvalue weighted by molar-refractivity contribution is 0.102. The molecule has 0 saturated heterocycles. The van der Waals surface area contributed by atoms with Gasteiger partial charge in [-0.2, -0.15) is 0 Å². The molecule has 0 saturated carbocycles. The van der Waals surface area contributed by atoms with Crippen LogP contribution in [0.5, 0.6) is 0 Å². The summed E-state index contributed by atoms with van der Waals surface area (Å²) in [5.74, 6) is -1.13. The first-order valence-electron chi connectivity index (χ1n) is 9.19. The van der Waals surface area contributed by atoms with Crippen molar-refractivity contribution in [2.75, 3.05) is 16.2 Å². The summed E-state index contributed by atoms with van der Waals surface area (Å²) in [6, 6.07) is 16.6. The Morgan fingerprint density at radius 3 is 2.43 bits per heavy atom. The van der Waals surface area contributed by atoms with Crippen molar-refractivity contribution in [3.8, 4) is 0 Å². The third-order valence-electron chi connectivity index (χ3n) is 4.55. The van der Waals surface area contributed by atoms with Crippen molar-refractivity contribution in [3.63, 3.8) is 0 Å². The Labute approximate surface area is 180 Å². The Bertz CT molecular complexity index is 1180. The smallest absolute Gasteiger partial charge is 0.264 e. The van der Waals surface area contributed by atoms with Crippen LogP contribution >= 0.6 is 11.6 Å². The molecule has 1 amide bonds. The van der Waals surface area contributed by atoms with Gasteiger partial charge < -0.3 is 5.32 Å². The molecule has 0 atom stereocenters. The van der Waals surface area contributed by atoms with E-state index in [1.165, 1.54) is 40.7 Å². The largest absolute Gasteiger partial charge is 0.322 e. The van der Waals surface area contributed by atoms with E-state index in [1.54, 1.807) is 44.2 Å². The minimum absolute atomic E-state index is 0.0227. The minimum Gasteiger partial charge on any atom is -0.322 e. The SMILES string of the molecule is CCN(c1ccccc1)S(=O)(=O)c1ccc(Cl)c(C(=O)Nc2cc(F)ccc2C)c1. The predicted molar refractivity (Wildman–Crippen MR) is 117 cm³/mol. The first-order valence-corrected chi connectivity index (χ1v) is 11.0. The predicted octanol–water partition coefficient (Wildman–Crippen LogP) is 5.26. The maximum atomic E-state index is 13.5. The maximum absolute atomic E-state index is 13.5. The van der Waals surface area contributed by atoms with E-state index < -0.39 is 21.7 Å². The summed E-state index contributed by atoms with van der Waals surface area (Å²) in [4.78, 5) is 12.7. The van der Waals surface area contributed by atoms with Crippen LogP contribution in [0.2, 0.25) is 5.02 Å². The van der Waals surface area contributed by atoms with Crippen molar-refractivity contribution in [2.45, 2.75) is 18.7 Å². The summed E-state index contributed by atoms with van der Waals surface area (Å²) in [5.41, 5.74) is 1.43. The highest BCUT2D eigenvalue weighted by molar-refractivity contribution is 7.92. The molecule has 1 N–H and O–H groups in total. The van der Waals surface area contributed by atoms with Gasteiger partial charge in [-0.05, 0) is 61.9 Å². The summed E-state index contributed by atoms with van der Waals surface area (Å²) in [6.45, 7) is 3.65. The van der Waals surface area contributed by atoms with Gasteiger partial charge in [0.25, 0.3) is 15.9 Å². The van der Waals surface area contributed by atoms with Gasteiger partial charge in [0.1, 0.15) is 5.82 Å². The van der Waals surface area contributed by atoms with Crippen LogP contribution in [0.4, 0.5) is 15.8 Å². The second-order valence-electron chi connectivity index (χ2n) is 6.56. The highest BCUT2D eigenvalue weighted by Crippen LogP contribution is 2.27. The van der Waals surface area contributed by atoms with Gasteiger partial charge in [-0.3, -0.25) is 9.10 Å². The van der Waals surface area contributed by atoms with E-state index in [2.05, 4.69) is 5.32 Å². The molecule has 3 aromatic rings. The molecule has 3 rings (SSSR count). The number of amides is 1. The zero-order chi connectivity index (χ0) is 21.9. The van der Waals surface area contributed by atoms with Crippen LogP contribution in [0.25, 0.3) is 0 Å². The number of hydrogen-bond acceptors (Lipinski definition) is 3. The van der Waals surface area contributed by atoms with E-state index in [1.807, 2.05) is 0 Å². The van der Waals surface area contributed by atoms with Crippen LogP contribution in [0, 0.1) is 12.7 Å². The van der Waals surface area contributed by atoms with Crippen molar-refractivity contribution < 1.29 is 17.6 Å². The first kappa shape index (κ1) is 21.8. The molecule has 0 unspecified atom stereocenters. The summed E-state index contributed by atoms with van der Waals surface area (Å²) >= 11 is 6.17. The zero-order valence-electron chi connectivity index (χ0n) is 16.4. The lowest BCUT2D eigenvalue weighted by Gasteiger charge is -2.23.